The molecule has 30 heavy (non-hydrogen) atoms. The zero-order valence-corrected chi connectivity index (χ0v) is 17.3. The summed E-state index contributed by atoms with van der Waals surface area (Å²) in [5.74, 6) is 0. The molecular formula is C25H30N2O3. The summed E-state index contributed by atoms with van der Waals surface area (Å²) in [5, 5.41) is 14.9. The SMILES string of the molecule is O=[N+]([O-])C1=CC=C(CCNCCCCc2ccccc2)CC1OCc1ccccc1. The van der Waals surface area contributed by atoms with Crippen LogP contribution in [0.15, 0.2) is 84.1 Å². The van der Waals surface area contributed by atoms with Gasteiger partial charge in [0.25, 0.3) is 5.70 Å². The first-order chi connectivity index (χ1) is 14.7. The predicted molar refractivity (Wildman–Crippen MR) is 120 cm³/mol. The van der Waals surface area contributed by atoms with Crippen LogP contribution in [0, 0.1) is 10.1 Å². The lowest BCUT2D eigenvalue weighted by molar-refractivity contribution is -0.437. The molecule has 0 bridgehead atoms. The molecule has 0 heterocycles. The standard InChI is InChI=1S/C25H30N2O3/c28-27(29)24-15-14-22(19-25(24)30-20-23-12-5-2-6-13-23)16-18-26-17-8-7-11-21-9-3-1-4-10-21/h1-6,9-10,12-15,25-26H,7-8,11,16-20H2. The summed E-state index contributed by atoms with van der Waals surface area (Å²) in [6.07, 6.45) is 7.88. The first-order valence-electron chi connectivity index (χ1n) is 10.7. The third kappa shape index (κ3) is 7.25. The Hall–Kier alpha value is -2.76. The highest BCUT2D eigenvalue weighted by atomic mass is 16.6. The van der Waals surface area contributed by atoms with E-state index >= 15 is 0 Å². The van der Waals surface area contributed by atoms with Crippen LogP contribution in [0.25, 0.3) is 0 Å². The van der Waals surface area contributed by atoms with E-state index in [1.807, 2.05) is 42.5 Å². The molecule has 1 N–H and O–H groups in total. The molecule has 0 aliphatic heterocycles. The van der Waals surface area contributed by atoms with Gasteiger partial charge in [-0.05, 0) is 49.9 Å². The van der Waals surface area contributed by atoms with Crippen LogP contribution < -0.4 is 5.32 Å². The van der Waals surface area contributed by atoms with Crippen molar-refractivity contribution in [3.8, 4) is 0 Å². The van der Waals surface area contributed by atoms with Crippen molar-refractivity contribution in [3.05, 3.63) is 105 Å². The van der Waals surface area contributed by atoms with E-state index in [2.05, 4.69) is 29.6 Å². The van der Waals surface area contributed by atoms with Crippen LogP contribution in [-0.4, -0.2) is 24.1 Å². The number of ether oxygens (including phenoxy) is 1. The van der Waals surface area contributed by atoms with E-state index in [-0.39, 0.29) is 10.6 Å². The second-order valence-electron chi connectivity index (χ2n) is 7.61. The molecule has 1 aliphatic rings. The fraction of sp³-hybridized carbons (Fsp3) is 0.360. The summed E-state index contributed by atoms with van der Waals surface area (Å²) < 4.78 is 5.90. The highest BCUT2D eigenvalue weighted by molar-refractivity contribution is 5.25. The topological polar surface area (TPSA) is 64.4 Å². The van der Waals surface area contributed by atoms with Gasteiger partial charge in [-0.2, -0.15) is 0 Å². The molecule has 1 aliphatic carbocycles. The van der Waals surface area contributed by atoms with Crippen molar-refractivity contribution in [2.45, 2.75) is 44.8 Å². The van der Waals surface area contributed by atoms with Crippen LogP contribution in [0.2, 0.25) is 0 Å². The molecule has 5 heteroatoms. The van der Waals surface area contributed by atoms with Crippen LogP contribution in [0.4, 0.5) is 0 Å². The Balaban J connectivity index is 1.37. The largest absolute Gasteiger partial charge is 0.362 e. The minimum atomic E-state index is -0.494. The lowest BCUT2D eigenvalue weighted by Crippen LogP contribution is -2.25. The Labute approximate surface area is 178 Å². The Morgan fingerprint density at radius 3 is 2.30 bits per heavy atom. The van der Waals surface area contributed by atoms with Gasteiger partial charge >= 0.3 is 0 Å². The van der Waals surface area contributed by atoms with E-state index in [9.17, 15) is 10.1 Å². The summed E-state index contributed by atoms with van der Waals surface area (Å²) in [4.78, 5) is 11.0. The fourth-order valence-corrected chi connectivity index (χ4v) is 3.60. The molecule has 158 valence electrons. The summed E-state index contributed by atoms with van der Waals surface area (Å²) >= 11 is 0. The normalized spacial score (nSPS) is 16.1. The van der Waals surface area contributed by atoms with Crippen molar-refractivity contribution in [1.29, 1.82) is 0 Å². The van der Waals surface area contributed by atoms with Gasteiger partial charge in [0.1, 0.15) is 0 Å². The second-order valence-corrected chi connectivity index (χ2v) is 7.61. The van der Waals surface area contributed by atoms with Crippen molar-refractivity contribution in [2.75, 3.05) is 13.1 Å². The van der Waals surface area contributed by atoms with Gasteiger partial charge < -0.3 is 10.1 Å². The molecule has 1 unspecified atom stereocenters. The van der Waals surface area contributed by atoms with Crippen molar-refractivity contribution < 1.29 is 9.66 Å². The first-order valence-corrected chi connectivity index (χ1v) is 10.7. The van der Waals surface area contributed by atoms with E-state index < -0.39 is 6.10 Å². The van der Waals surface area contributed by atoms with Gasteiger partial charge in [0.05, 0.1) is 11.5 Å². The number of unbranched alkanes of at least 4 members (excludes halogenated alkanes) is 1. The van der Waals surface area contributed by atoms with Gasteiger partial charge in [-0.3, -0.25) is 10.1 Å². The molecule has 0 radical (unpaired) electrons. The van der Waals surface area contributed by atoms with E-state index in [4.69, 9.17) is 4.74 Å². The number of benzene rings is 2. The predicted octanol–water partition coefficient (Wildman–Crippen LogP) is 5.07. The molecule has 0 saturated heterocycles. The second kappa shape index (κ2) is 12.1. The van der Waals surface area contributed by atoms with E-state index in [0.29, 0.717) is 13.0 Å². The maximum atomic E-state index is 11.4. The number of nitrogens with one attached hydrogen (secondary N) is 1. The van der Waals surface area contributed by atoms with Crippen molar-refractivity contribution in [1.82, 2.24) is 5.32 Å². The lowest BCUT2D eigenvalue weighted by Gasteiger charge is -2.20. The zero-order chi connectivity index (χ0) is 21.0. The highest BCUT2D eigenvalue weighted by Crippen LogP contribution is 2.25. The lowest BCUT2D eigenvalue weighted by atomic mass is 9.97. The molecule has 2 aromatic carbocycles. The average Bonchev–Trinajstić information content (AvgIpc) is 2.78. The van der Waals surface area contributed by atoms with E-state index in [1.54, 1.807) is 6.08 Å². The van der Waals surface area contributed by atoms with Gasteiger partial charge in [0.15, 0.2) is 6.10 Å². The number of rotatable bonds is 12. The molecule has 0 aromatic heterocycles. The summed E-state index contributed by atoms with van der Waals surface area (Å²) in [6.45, 7) is 2.25. The molecule has 0 amide bonds. The first kappa shape index (κ1) is 21.9. The van der Waals surface area contributed by atoms with Gasteiger partial charge in [0.2, 0.25) is 0 Å². The van der Waals surface area contributed by atoms with E-state index in [1.165, 1.54) is 17.6 Å². The summed E-state index contributed by atoms with van der Waals surface area (Å²) in [5.41, 5.74) is 3.74. The van der Waals surface area contributed by atoms with Crippen molar-refractivity contribution in [3.63, 3.8) is 0 Å². The third-order valence-electron chi connectivity index (χ3n) is 5.31. The minimum Gasteiger partial charge on any atom is -0.362 e. The molecule has 3 rings (SSSR count). The maximum absolute atomic E-state index is 11.4. The highest BCUT2D eigenvalue weighted by Gasteiger charge is 2.28. The number of hydrogen-bond donors (Lipinski definition) is 1. The molecule has 5 nitrogen and oxygen atoms in total. The summed E-state index contributed by atoms with van der Waals surface area (Å²) in [7, 11) is 0. The summed E-state index contributed by atoms with van der Waals surface area (Å²) in [6, 6.07) is 20.3. The van der Waals surface area contributed by atoms with Gasteiger partial charge in [-0.25, -0.2) is 0 Å². The average molecular weight is 407 g/mol. The monoisotopic (exact) mass is 406 g/mol. The number of nitrogens with zero attached hydrogens (tertiary/aromatic N) is 1. The van der Waals surface area contributed by atoms with Crippen molar-refractivity contribution >= 4 is 0 Å². The molecule has 0 spiro atoms. The van der Waals surface area contributed by atoms with Crippen LogP contribution >= 0.6 is 0 Å². The Morgan fingerprint density at radius 2 is 1.60 bits per heavy atom. The Kier molecular flexibility index (Phi) is 8.81. The minimum absolute atomic E-state index is 0.142. The van der Waals surface area contributed by atoms with Gasteiger partial charge in [0, 0.05) is 12.5 Å². The van der Waals surface area contributed by atoms with Gasteiger partial charge in [-0.15, -0.1) is 0 Å². The number of aryl methyl sites for hydroxylation is 1. The van der Waals surface area contributed by atoms with Crippen LogP contribution in [0.3, 0.4) is 0 Å². The zero-order valence-electron chi connectivity index (χ0n) is 17.3. The third-order valence-corrected chi connectivity index (χ3v) is 5.31. The van der Waals surface area contributed by atoms with E-state index in [0.717, 1.165) is 37.9 Å². The van der Waals surface area contributed by atoms with Gasteiger partial charge in [-0.1, -0.05) is 72.3 Å². The smallest absolute Gasteiger partial charge is 0.275 e. The number of hydrogen-bond acceptors (Lipinski definition) is 4. The fourth-order valence-electron chi connectivity index (χ4n) is 3.60. The van der Waals surface area contributed by atoms with Crippen LogP contribution in [-0.2, 0) is 17.8 Å². The molecular weight excluding hydrogens is 376 g/mol. The Morgan fingerprint density at radius 1 is 0.900 bits per heavy atom. The van der Waals surface area contributed by atoms with Crippen LogP contribution in [0.5, 0.6) is 0 Å². The van der Waals surface area contributed by atoms with Crippen LogP contribution in [0.1, 0.15) is 36.8 Å². The number of allylic oxidation sites excluding steroid dienone is 2. The molecule has 2 aromatic rings. The maximum Gasteiger partial charge on any atom is 0.275 e. The quantitative estimate of drug-likeness (QED) is 0.304. The molecule has 0 fully saturated rings. The Bertz CT molecular complexity index is 847. The molecule has 1 atom stereocenters. The number of nitro groups is 1. The van der Waals surface area contributed by atoms with Crippen molar-refractivity contribution in [2.24, 2.45) is 0 Å². The molecule has 0 saturated carbocycles.